The lowest BCUT2D eigenvalue weighted by Gasteiger charge is -2.19. The molecule has 2 aromatic carbocycles. The zero-order valence-corrected chi connectivity index (χ0v) is 10.4. The highest BCUT2D eigenvalue weighted by Gasteiger charge is 2.27. The Morgan fingerprint density at radius 1 is 1.11 bits per heavy atom. The van der Waals surface area contributed by atoms with Crippen LogP contribution in [0.2, 0.25) is 0 Å². The summed E-state index contributed by atoms with van der Waals surface area (Å²) in [7, 11) is 0. The first-order valence-corrected chi connectivity index (χ1v) is 5.98. The molecule has 4 heteroatoms. The van der Waals surface area contributed by atoms with Gasteiger partial charge in [-0.1, -0.05) is 24.3 Å². The Balaban J connectivity index is 2.07. The molecule has 0 atom stereocenters. The fourth-order valence-corrected chi connectivity index (χ4v) is 2.33. The number of nitrogens with zero attached hydrogens (tertiary/aromatic N) is 1. The summed E-state index contributed by atoms with van der Waals surface area (Å²) in [4.78, 5) is 1.49. The second-order valence-electron chi connectivity index (χ2n) is 4.64. The Bertz CT molecular complexity index is 680. The standard InChI is InChI=1S/C15H12F2N2/c1-9-6-13(17)14(7-12(9)16)19-8-10-4-2-3-5-11(10)15(19)18/h2-7,18H,8H2,1H3. The quantitative estimate of drug-likeness (QED) is 0.831. The predicted molar refractivity (Wildman–Crippen MR) is 70.5 cm³/mol. The van der Waals surface area contributed by atoms with Crippen molar-refractivity contribution in [3.63, 3.8) is 0 Å². The van der Waals surface area contributed by atoms with Gasteiger partial charge in [-0.2, -0.15) is 0 Å². The maximum absolute atomic E-state index is 14.0. The van der Waals surface area contributed by atoms with Gasteiger partial charge >= 0.3 is 0 Å². The van der Waals surface area contributed by atoms with E-state index in [1.54, 1.807) is 0 Å². The number of halogens is 2. The molecule has 2 aromatic rings. The minimum absolute atomic E-state index is 0.115. The molecule has 3 rings (SSSR count). The third-order valence-electron chi connectivity index (χ3n) is 3.39. The monoisotopic (exact) mass is 258 g/mol. The van der Waals surface area contributed by atoms with Crippen LogP contribution in [-0.2, 0) is 6.54 Å². The molecule has 0 radical (unpaired) electrons. The molecule has 0 fully saturated rings. The summed E-state index contributed by atoms with van der Waals surface area (Å²) < 4.78 is 27.6. The summed E-state index contributed by atoms with van der Waals surface area (Å²) in [6.07, 6.45) is 0. The number of amidine groups is 1. The number of benzene rings is 2. The molecule has 0 spiro atoms. The number of rotatable bonds is 1. The molecule has 0 saturated carbocycles. The van der Waals surface area contributed by atoms with Crippen LogP contribution in [-0.4, -0.2) is 5.84 Å². The number of aryl methyl sites for hydroxylation is 1. The lowest BCUT2D eigenvalue weighted by molar-refractivity contribution is 0.592. The molecule has 0 unspecified atom stereocenters. The van der Waals surface area contributed by atoms with Crippen LogP contribution < -0.4 is 4.90 Å². The molecule has 0 saturated heterocycles. The van der Waals surface area contributed by atoms with E-state index in [-0.39, 0.29) is 17.1 Å². The number of fused-ring (bicyclic) bond motifs is 1. The van der Waals surface area contributed by atoms with Gasteiger partial charge in [0.25, 0.3) is 0 Å². The Labute approximate surface area is 109 Å². The average Bonchev–Trinajstić information content (AvgIpc) is 2.72. The first-order valence-electron chi connectivity index (χ1n) is 5.98. The van der Waals surface area contributed by atoms with E-state index in [1.807, 2.05) is 24.3 Å². The van der Waals surface area contributed by atoms with Crippen molar-refractivity contribution in [1.29, 1.82) is 5.41 Å². The van der Waals surface area contributed by atoms with E-state index in [4.69, 9.17) is 5.41 Å². The molecule has 2 nitrogen and oxygen atoms in total. The number of hydrogen-bond acceptors (Lipinski definition) is 1. The molecule has 96 valence electrons. The summed E-state index contributed by atoms with van der Waals surface area (Å²) in [5.41, 5.74) is 2.10. The summed E-state index contributed by atoms with van der Waals surface area (Å²) in [6, 6.07) is 9.75. The largest absolute Gasteiger partial charge is 0.319 e. The van der Waals surface area contributed by atoms with Gasteiger partial charge in [0, 0.05) is 11.6 Å². The summed E-state index contributed by atoms with van der Waals surface area (Å²) >= 11 is 0. The van der Waals surface area contributed by atoms with Gasteiger partial charge in [-0.3, -0.25) is 5.41 Å². The maximum Gasteiger partial charge on any atom is 0.147 e. The topological polar surface area (TPSA) is 27.1 Å². The van der Waals surface area contributed by atoms with Crippen molar-refractivity contribution in [2.75, 3.05) is 4.90 Å². The molecule has 0 bridgehead atoms. The molecule has 0 aromatic heterocycles. The Hall–Kier alpha value is -2.23. The molecule has 19 heavy (non-hydrogen) atoms. The number of hydrogen-bond donors (Lipinski definition) is 1. The normalized spacial score (nSPS) is 13.8. The van der Waals surface area contributed by atoms with Gasteiger partial charge in [0.2, 0.25) is 0 Å². The molecule has 0 aliphatic carbocycles. The van der Waals surface area contributed by atoms with Crippen molar-refractivity contribution >= 4 is 11.5 Å². The highest BCUT2D eigenvalue weighted by Crippen LogP contribution is 2.31. The van der Waals surface area contributed by atoms with E-state index in [0.29, 0.717) is 6.54 Å². The van der Waals surface area contributed by atoms with E-state index in [9.17, 15) is 8.78 Å². The first kappa shape index (κ1) is 11.8. The first-order chi connectivity index (χ1) is 9.08. The zero-order valence-electron chi connectivity index (χ0n) is 10.4. The molecule has 1 heterocycles. The fourth-order valence-electron chi connectivity index (χ4n) is 2.33. The molecule has 0 amide bonds. The van der Waals surface area contributed by atoms with Gasteiger partial charge in [0.05, 0.1) is 12.2 Å². The third-order valence-corrected chi connectivity index (χ3v) is 3.39. The van der Waals surface area contributed by atoms with Crippen LogP contribution in [0.15, 0.2) is 36.4 Å². The Morgan fingerprint density at radius 3 is 2.58 bits per heavy atom. The SMILES string of the molecule is Cc1cc(F)c(N2Cc3ccccc3C2=N)cc1F. The van der Waals surface area contributed by atoms with Gasteiger partial charge in [-0.15, -0.1) is 0 Å². The van der Waals surface area contributed by atoms with Crippen LogP contribution in [0.3, 0.4) is 0 Å². The van der Waals surface area contributed by atoms with Crippen LogP contribution in [0.25, 0.3) is 0 Å². The molecule has 1 aliphatic rings. The van der Waals surface area contributed by atoms with Gasteiger partial charge < -0.3 is 4.90 Å². The van der Waals surface area contributed by atoms with Crippen LogP contribution in [0, 0.1) is 24.0 Å². The molecular weight excluding hydrogens is 246 g/mol. The van der Waals surface area contributed by atoms with E-state index >= 15 is 0 Å². The lowest BCUT2D eigenvalue weighted by Crippen LogP contribution is -2.24. The average molecular weight is 258 g/mol. The minimum Gasteiger partial charge on any atom is -0.319 e. The minimum atomic E-state index is -0.503. The summed E-state index contributed by atoms with van der Waals surface area (Å²) in [5.74, 6) is -0.755. The third kappa shape index (κ3) is 1.80. The number of nitrogens with one attached hydrogen (secondary N) is 1. The van der Waals surface area contributed by atoms with Crippen molar-refractivity contribution < 1.29 is 8.78 Å². The second-order valence-corrected chi connectivity index (χ2v) is 4.64. The smallest absolute Gasteiger partial charge is 0.147 e. The van der Waals surface area contributed by atoms with Gasteiger partial charge in [0.15, 0.2) is 0 Å². The molecular formula is C15H12F2N2. The van der Waals surface area contributed by atoms with Crippen LogP contribution in [0.4, 0.5) is 14.5 Å². The van der Waals surface area contributed by atoms with Crippen LogP contribution in [0.5, 0.6) is 0 Å². The highest BCUT2D eigenvalue weighted by atomic mass is 19.1. The molecule has 1 N–H and O–H groups in total. The van der Waals surface area contributed by atoms with Crippen molar-refractivity contribution in [3.05, 3.63) is 64.7 Å². The molecule has 1 aliphatic heterocycles. The Morgan fingerprint density at radius 2 is 1.84 bits per heavy atom. The summed E-state index contributed by atoms with van der Waals surface area (Å²) in [6.45, 7) is 1.92. The maximum atomic E-state index is 14.0. The highest BCUT2D eigenvalue weighted by molar-refractivity contribution is 6.11. The Kier molecular flexibility index (Phi) is 2.59. The zero-order chi connectivity index (χ0) is 13.6. The van der Waals surface area contributed by atoms with Crippen molar-refractivity contribution in [2.24, 2.45) is 0 Å². The fraction of sp³-hybridized carbons (Fsp3) is 0.133. The van der Waals surface area contributed by atoms with Crippen LogP contribution >= 0.6 is 0 Å². The van der Waals surface area contributed by atoms with E-state index in [0.717, 1.165) is 17.2 Å². The van der Waals surface area contributed by atoms with Crippen molar-refractivity contribution in [1.82, 2.24) is 0 Å². The summed E-state index contributed by atoms with van der Waals surface area (Å²) in [5, 5.41) is 8.08. The van der Waals surface area contributed by atoms with Gasteiger partial charge in [-0.25, -0.2) is 8.78 Å². The van der Waals surface area contributed by atoms with Gasteiger partial charge in [-0.05, 0) is 24.1 Å². The van der Waals surface area contributed by atoms with E-state index in [1.165, 1.54) is 17.9 Å². The predicted octanol–water partition coefficient (Wildman–Crippen LogP) is 3.62. The second kappa shape index (κ2) is 4.16. The van der Waals surface area contributed by atoms with Crippen molar-refractivity contribution in [2.45, 2.75) is 13.5 Å². The van der Waals surface area contributed by atoms with Crippen LogP contribution in [0.1, 0.15) is 16.7 Å². The van der Waals surface area contributed by atoms with Crippen molar-refractivity contribution in [3.8, 4) is 0 Å². The lowest BCUT2D eigenvalue weighted by atomic mass is 10.1. The van der Waals surface area contributed by atoms with E-state index < -0.39 is 11.6 Å². The number of anilines is 1. The van der Waals surface area contributed by atoms with Gasteiger partial charge in [0.1, 0.15) is 17.5 Å². The van der Waals surface area contributed by atoms with E-state index in [2.05, 4.69) is 0 Å².